The fourth-order valence-corrected chi connectivity index (χ4v) is 5.03. The minimum absolute atomic E-state index is 0.332. The van der Waals surface area contributed by atoms with E-state index in [1.54, 1.807) is 0 Å². The Balaban J connectivity index is 0.000000241. The van der Waals surface area contributed by atoms with Gasteiger partial charge in [-0.05, 0) is 31.4 Å². The molecule has 5 N–H and O–H groups in total. The van der Waals surface area contributed by atoms with Gasteiger partial charge < -0.3 is 20.2 Å². The lowest BCUT2D eigenvalue weighted by atomic mass is 9.97. The highest BCUT2D eigenvalue weighted by molar-refractivity contribution is 6.39. The molecule has 0 bridgehead atoms. The molecule has 1 fully saturated rings. The number of aromatic amines is 2. The van der Waals surface area contributed by atoms with Crippen molar-refractivity contribution in [3.05, 3.63) is 59.7 Å². The van der Waals surface area contributed by atoms with Crippen LogP contribution in [-0.4, -0.2) is 44.2 Å². The van der Waals surface area contributed by atoms with Crippen LogP contribution in [0.4, 0.5) is 0 Å². The number of amides is 2. The molecule has 2 aliphatic rings. The van der Waals surface area contributed by atoms with Gasteiger partial charge in [0.1, 0.15) is 0 Å². The number of aliphatic hydroxyl groups excluding tert-OH is 2. The first-order valence-corrected chi connectivity index (χ1v) is 10.7. The largest absolute Gasteiger partial charge is 0.390 e. The van der Waals surface area contributed by atoms with Gasteiger partial charge in [-0.1, -0.05) is 36.4 Å². The monoisotopic (exact) mass is 427 g/mol. The molecule has 2 amide bonds. The van der Waals surface area contributed by atoms with E-state index < -0.39 is 12.2 Å². The molecule has 2 atom stereocenters. The van der Waals surface area contributed by atoms with E-state index in [1.807, 2.05) is 48.5 Å². The highest BCUT2D eigenvalue weighted by Crippen LogP contribution is 2.41. The average Bonchev–Trinajstić information content (AvgIpc) is 3.53. The summed E-state index contributed by atoms with van der Waals surface area (Å²) in [5.41, 5.74) is 4.53. The lowest BCUT2D eigenvalue weighted by molar-refractivity contribution is 0.0438. The zero-order valence-corrected chi connectivity index (χ0v) is 17.1. The Hall–Kier alpha value is -3.68. The SMILES string of the molecule is O=C1NC(=O)c2c1c1c3ccccc3[nH]c1c1[nH]c3ccccc3c21.OC1CCCC1O. The van der Waals surface area contributed by atoms with E-state index in [1.165, 1.54) is 0 Å². The number of hydrogen-bond donors (Lipinski definition) is 5. The first-order chi connectivity index (χ1) is 15.5. The van der Waals surface area contributed by atoms with Crippen molar-refractivity contribution in [1.29, 1.82) is 0 Å². The molecule has 0 spiro atoms. The Morgan fingerprint density at radius 2 is 1.12 bits per heavy atom. The lowest BCUT2D eigenvalue weighted by Crippen LogP contribution is -2.20. The molecular weight excluding hydrogens is 406 g/mol. The summed E-state index contributed by atoms with van der Waals surface area (Å²) in [5.74, 6) is -0.663. The van der Waals surface area contributed by atoms with Crippen LogP contribution in [0.2, 0.25) is 0 Å². The second kappa shape index (κ2) is 6.91. The van der Waals surface area contributed by atoms with Crippen molar-refractivity contribution < 1.29 is 19.8 Å². The minimum atomic E-state index is -0.431. The van der Waals surface area contributed by atoms with Gasteiger partial charge in [-0.25, -0.2) is 0 Å². The smallest absolute Gasteiger partial charge is 0.259 e. The number of carbonyl (C=O) groups excluding carboxylic acids is 2. The van der Waals surface area contributed by atoms with Crippen molar-refractivity contribution in [2.45, 2.75) is 31.5 Å². The van der Waals surface area contributed by atoms with Gasteiger partial charge >= 0.3 is 0 Å². The quantitative estimate of drug-likeness (QED) is 0.242. The van der Waals surface area contributed by atoms with E-state index in [4.69, 9.17) is 10.2 Å². The maximum Gasteiger partial charge on any atom is 0.259 e. The van der Waals surface area contributed by atoms with Crippen LogP contribution in [0, 0.1) is 0 Å². The van der Waals surface area contributed by atoms with Crippen LogP contribution >= 0.6 is 0 Å². The normalized spacial score (nSPS) is 20.2. The zero-order valence-electron chi connectivity index (χ0n) is 17.1. The summed E-state index contributed by atoms with van der Waals surface area (Å²) in [4.78, 5) is 32.0. The fourth-order valence-electron chi connectivity index (χ4n) is 5.03. The zero-order chi connectivity index (χ0) is 22.0. The number of nitrogens with one attached hydrogen (secondary N) is 3. The average molecular weight is 427 g/mol. The molecule has 2 unspecified atom stereocenters. The molecule has 32 heavy (non-hydrogen) atoms. The van der Waals surface area contributed by atoms with E-state index in [-0.39, 0.29) is 11.8 Å². The maximum absolute atomic E-state index is 12.6. The highest BCUT2D eigenvalue weighted by Gasteiger charge is 2.34. The van der Waals surface area contributed by atoms with E-state index in [9.17, 15) is 9.59 Å². The Bertz CT molecular complexity index is 1450. The number of benzene rings is 3. The van der Waals surface area contributed by atoms with Crippen molar-refractivity contribution in [2.24, 2.45) is 0 Å². The Kier molecular flexibility index (Phi) is 4.11. The molecule has 5 aromatic rings. The Labute approximate surface area is 182 Å². The van der Waals surface area contributed by atoms with E-state index in [0.717, 1.165) is 62.9 Å². The van der Waals surface area contributed by atoms with Crippen LogP contribution in [0.1, 0.15) is 40.0 Å². The third-order valence-electron chi connectivity index (χ3n) is 6.54. The molecule has 1 aliphatic carbocycles. The van der Waals surface area contributed by atoms with Gasteiger partial charge in [0.05, 0.1) is 34.4 Å². The molecule has 7 heteroatoms. The summed E-state index contributed by atoms with van der Waals surface area (Å²) in [6.07, 6.45) is 1.67. The molecule has 1 saturated carbocycles. The van der Waals surface area contributed by atoms with Gasteiger partial charge in [-0.3, -0.25) is 14.9 Å². The number of fused-ring (bicyclic) bond motifs is 10. The highest BCUT2D eigenvalue weighted by atomic mass is 16.3. The number of imide groups is 1. The maximum atomic E-state index is 12.6. The third-order valence-corrected chi connectivity index (χ3v) is 6.54. The summed E-state index contributed by atoms with van der Waals surface area (Å²) >= 11 is 0. The second-order valence-corrected chi connectivity index (χ2v) is 8.44. The number of rotatable bonds is 0. The van der Waals surface area contributed by atoms with Gasteiger partial charge in [0.25, 0.3) is 11.8 Å². The number of H-pyrrole nitrogens is 2. The Morgan fingerprint density at radius 1 is 0.688 bits per heavy atom. The van der Waals surface area contributed by atoms with E-state index in [2.05, 4.69) is 15.3 Å². The Morgan fingerprint density at radius 3 is 1.53 bits per heavy atom. The van der Waals surface area contributed by atoms with Crippen LogP contribution < -0.4 is 5.32 Å². The van der Waals surface area contributed by atoms with Crippen LogP contribution in [0.25, 0.3) is 43.6 Å². The molecule has 2 aromatic heterocycles. The van der Waals surface area contributed by atoms with Crippen molar-refractivity contribution in [1.82, 2.24) is 15.3 Å². The summed E-state index contributed by atoms with van der Waals surface area (Å²) < 4.78 is 0. The van der Waals surface area contributed by atoms with Crippen LogP contribution in [0.15, 0.2) is 48.5 Å². The number of carbonyl (C=O) groups is 2. The second-order valence-electron chi connectivity index (χ2n) is 8.44. The minimum Gasteiger partial charge on any atom is -0.390 e. The molecule has 3 aromatic carbocycles. The summed E-state index contributed by atoms with van der Waals surface area (Å²) in [6.45, 7) is 0. The van der Waals surface area contributed by atoms with E-state index >= 15 is 0 Å². The summed E-state index contributed by atoms with van der Waals surface area (Å²) in [7, 11) is 0. The van der Waals surface area contributed by atoms with Gasteiger partial charge in [0, 0.05) is 32.6 Å². The molecule has 7 nitrogen and oxygen atoms in total. The molecule has 3 heterocycles. The van der Waals surface area contributed by atoms with Crippen molar-refractivity contribution >= 4 is 55.4 Å². The van der Waals surface area contributed by atoms with E-state index in [0.29, 0.717) is 11.1 Å². The topological polar surface area (TPSA) is 118 Å². The van der Waals surface area contributed by atoms with Crippen molar-refractivity contribution in [3.63, 3.8) is 0 Å². The molecule has 1 aliphatic heterocycles. The molecule has 0 radical (unpaired) electrons. The summed E-state index contributed by atoms with van der Waals surface area (Å²) in [6, 6.07) is 15.7. The predicted octanol–water partition coefficient (Wildman–Crippen LogP) is 3.73. The summed E-state index contributed by atoms with van der Waals surface area (Å²) in [5, 5.41) is 23.5. The van der Waals surface area contributed by atoms with Crippen molar-refractivity contribution in [3.8, 4) is 0 Å². The van der Waals surface area contributed by atoms with Crippen LogP contribution in [-0.2, 0) is 0 Å². The van der Waals surface area contributed by atoms with Gasteiger partial charge in [-0.15, -0.1) is 0 Å². The molecule has 0 saturated heterocycles. The third kappa shape index (κ3) is 2.62. The first kappa shape index (κ1) is 19.0. The first-order valence-electron chi connectivity index (χ1n) is 10.7. The fraction of sp³-hybridized carbons (Fsp3) is 0.200. The number of hydrogen-bond acceptors (Lipinski definition) is 4. The molecule has 7 rings (SSSR count). The van der Waals surface area contributed by atoms with Gasteiger partial charge in [0.15, 0.2) is 0 Å². The number of aromatic nitrogens is 2. The number of aliphatic hydroxyl groups is 2. The van der Waals surface area contributed by atoms with Gasteiger partial charge in [0.2, 0.25) is 0 Å². The standard InChI is InChI=1S/C20H11N3O2.C5H10O2/c24-19-15-13-9-5-1-3-7-11(9)21-17(13)18-14(16(15)20(25)23-19)10-6-2-4-8-12(10)22-18;6-4-2-1-3-5(4)7/h1-8,21-22H,(H,23,24,25);4-7H,1-3H2. The van der Waals surface area contributed by atoms with Crippen molar-refractivity contribution in [2.75, 3.05) is 0 Å². The van der Waals surface area contributed by atoms with Crippen LogP contribution in [0.3, 0.4) is 0 Å². The lowest BCUT2D eigenvalue weighted by Gasteiger charge is -2.03. The van der Waals surface area contributed by atoms with Crippen LogP contribution in [0.5, 0.6) is 0 Å². The van der Waals surface area contributed by atoms with Gasteiger partial charge in [-0.2, -0.15) is 0 Å². The molecular formula is C25H21N3O4. The molecule has 160 valence electrons. The predicted molar refractivity (Wildman–Crippen MR) is 123 cm³/mol. The number of para-hydroxylation sites is 2.